The minimum absolute atomic E-state index is 0.335. The van der Waals surface area contributed by atoms with Gasteiger partial charge in [0.1, 0.15) is 0 Å². The van der Waals surface area contributed by atoms with E-state index in [1.54, 1.807) is 0 Å². The van der Waals surface area contributed by atoms with Gasteiger partial charge in [-0.1, -0.05) is 19.1 Å². The highest BCUT2D eigenvalue weighted by Gasteiger charge is 2.35. The topological polar surface area (TPSA) is 37.3 Å². The fraction of sp³-hybridized carbons (Fsp3) is 0.750. The fourth-order valence-corrected chi connectivity index (χ4v) is 3.06. The Morgan fingerprint density at radius 1 is 1.50 bits per heavy atom. The summed E-state index contributed by atoms with van der Waals surface area (Å²) in [5.41, 5.74) is 0. The highest BCUT2D eigenvalue weighted by atomic mass is 16.4. The van der Waals surface area contributed by atoms with E-state index >= 15 is 0 Å². The molecular formula is C12H18O2. The monoisotopic (exact) mass is 194 g/mol. The Labute approximate surface area is 85.0 Å². The average Bonchev–Trinajstić information content (AvgIpc) is 2.18. The van der Waals surface area contributed by atoms with Crippen molar-refractivity contribution in [3.8, 4) is 0 Å². The molecule has 1 N–H and O–H groups in total. The molecule has 0 radical (unpaired) electrons. The zero-order chi connectivity index (χ0) is 10.1. The molecule has 1 fully saturated rings. The summed E-state index contributed by atoms with van der Waals surface area (Å²) in [5, 5.41) is 8.77. The van der Waals surface area contributed by atoms with Gasteiger partial charge in [0.15, 0.2) is 0 Å². The van der Waals surface area contributed by atoms with Gasteiger partial charge in [-0.2, -0.15) is 0 Å². The van der Waals surface area contributed by atoms with E-state index in [0.717, 1.165) is 5.92 Å². The molecule has 0 aromatic heterocycles. The zero-order valence-electron chi connectivity index (χ0n) is 8.65. The number of aliphatic carboxylic acids is 1. The van der Waals surface area contributed by atoms with Crippen LogP contribution in [0, 0.1) is 23.7 Å². The first kappa shape index (κ1) is 9.75. The maximum atomic E-state index is 10.6. The molecule has 0 saturated heterocycles. The fourth-order valence-electron chi connectivity index (χ4n) is 3.06. The maximum Gasteiger partial charge on any atom is 0.303 e. The van der Waals surface area contributed by atoms with E-state index in [-0.39, 0.29) is 0 Å². The third-order valence-electron chi connectivity index (χ3n) is 3.85. The van der Waals surface area contributed by atoms with Crippen LogP contribution in [-0.2, 0) is 4.79 Å². The van der Waals surface area contributed by atoms with E-state index in [4.69, 9.17) is 5.11 Å². The van der Waals surface area contributed by atoms with Gasteiger partial charge in [0.2, 0.25) is 0 Å². The number of carboxylic acid groups (broad SMARTS) is 1. The van der Waals surface area contributed by atoms with Crippen molar-refractivity contribution < 1.29 is 9.90 Å². The molecular weight excluding hydrogens is 176 g/mol. The zero-order valence-corrected chi connectivity index (χ0v) is 8.65. The second-order valence-electron chi connectivity index (χ2n) is 4.86. The van der Waals surface area contributed by atoms with Crippen molar-refractivity contribution in [3.63, 3.8) is 0 Å². The Kier molecular flexibility index (Phi) is 2.62. The number of allylic oxidation sites excluding steroid dienone is 2. The summed E-state index contributed by atoms with van der Waals surface area (Å²) in [6.07, 6.45) is 8.80. The molecule has 78 valence electrons. The molecule has 4 atom stereocenters. The SMILES string of the molecule is CC(CC(=O)O)C1CC2C=CC1CC2. The Balaban J connectivity index is 1.99. The van der Waals surface area contributed by atoms with E-state index in [1.165, 1.54) is 19.3 Å². The minimum atomic E-state index is -0.650. The standard InChI is InChI=1S/C12H18O2/c1-8(6-12(13)14)11-7-9-2-4-10(11)5-3-9/h2,4,8-11H,3,5-7H2,1H3,(H,13,14). The van der Waals surface area contributed by atoms with Gasteiger partial charge in [0.05, 0.1) is 0 Å². The van der Waals surface area contributed by atoms with Gasteiger partial charge in [0, 0.05) is 6.42 Å². The first-order valence-electron chi connectivity index (χ1n) is 5.57. The summed E-state index contributed by atoms with van der Waals surface area (Å²) in [6.45, 7) is 2.09. The van der Waals surface area contributed by atoms with Crippen LogP contribution < -0.4 is 0 Å². The molecule has 4 unspecified atom stereocenters. The Hall–Kier alpha value is -0.790. The lowest BCUT2D eigenvalue weighted by Gasteiger charge is -2.40. The van der Waals surface area contributed by atoms with Crippen molar-refractivity contribution in [2.45, 2.75) is 32.6 Å². The van der Waals surface area contributed by atoms with Crippen LogP contribution in [0.2, 0.25) is 0 Å². The number of fused-ring (bicyclic) bond motifs is 2. The van der Waals surface area contributed by atoms with Gasteiger partial charge < -0.3 is 5.11 Å². The van der Waals surface area contributed by atoms with Crippen LogP contribution in [0.25, 0.3) is 0 Å². The van der Waals surface area contributed by atoms with E-state index in [1.807, 2.05) is 0 Å². The third kappa shape index (κ3) is 1.84. The summed E-state index contributed by atoms with van der Waals surface area (Å²) in [7, 11) is 0. The molecule has 0 spiro atoms. The van der Waals surface area contributed by atoms with E-state index in [2.05, 4.69) is 19.1 Å². The molecule has 0 aromatic rings. The van der Waals surface area contributed by atoms with Crippen LogP contribution in [0.3, 0.4) is 0 Å². The molecule has 0 heterocycles. The van der Waals surface area contributed by atoms with Gasteiger partial charge in [-0.15, -0.1) is 0 Å². The Bertz CT molecular complexity index is 257. The number of hydrogen-bond donors (Lipinski definition) is 1. The minimum Gasteiger partial charge on any atom is -0.481 e. The predicted molar refractivity (Wildman–Crippen MR) is 54.9 cm³/mol. The first-order chi connectivity index (χ1) is 6.66. The van der Waals surface area contributed by atoms with Gasteiger partial charge in [-0.25, -0.2) is 0 Å². The average molecular weight is 194 g/mol. The van der Waals surface area contributed by atoms with Gasteiger partial charge in [0.25, 0.3) is 0 Å². The summed E-state index contributed by atoms with van der Waals surface area (Å²) in [6, 6.07) is 0. The van der Waals surface area contributed by atoms with Crippen LogP contribution in [0.15, 0.2) is 12.2 Å². The highest BCUT2D eigenvalue weighted by molar-refractivity contribution is 5.67. The summed E-state index contributed by atoms with van der Waals surface area (Å²) in [5.74, 6) is 1.71. The van der Waals surface area contributed by atoms with Crippen molar-refractivity contribution in [2.75, 3.05) is 0 Å². The molecule has 1 saturated carbocycles. The first-order valence-corrected chi connectivity index (χ1v) is 5.57. The van der Waals surface area contributed by atoms with E-state index in [9.17, 15) is 4.79 Å². The lowest BCUT2D eigenvalue weighted by Crippen LogP contribution is -2.32. The smallest absolute Gasteiger partial charge is 0.303 e. The highest BCUT2D eigenvalue weighted by Crippen LogP contribution is 2.44. The molecule has 3 rings (SSSR count). The molecule has 2 heteroatoms. The van der Waals surface area contributed by atoms with Gasteiger partial charge in [-0.05, 0) is 42.9 Å². The maximum absolute atomic E-state index is 10.6. The van der Waals surface area contributed by atoms with Crippen LogP contribution in [0.1, 0.15) is 32.6 Å². The van der Waals surface area contributed by atoms with Crippen molar-refractivity contribution in [1.82, 2.24) is 0 Å². The van der Waals surface area contributed by atoms with Crippen molar-refractivity contribution in [1.29, 1.82) is 0 Å². The van der Waals surface area contributed by atoms with Gasteiger partial charge >= 0.3 is 5.97 Å². The molecule has 14 heavy (non-hydrogen) atoms. The van der Waals surface area contributed by atoms with Gasteiger partial charge in [-0.3, -0.25) is 4.79 Å². The normalized spacial score (nSPS) is 37.1. The van der Waals surface area contributed by atoms with E-state index < -0.39 is 5.97 Å². The van der Waals surface area contributed by atoms with E-state index in [0.29, 0.717) is 24.2 Å². The predicted octanol–water partition coefficient (Wildman–Crippen LogP) is 2.70. The molecule has 2 nitrogen and oxygen atoms in total. The number of carboxylic acids is 1. The largest absolute Gasteiger partial charge is 0.481 e. The molecule has 0 aliphatic heterocycles. The number of carbonyl (C=O) groups is 1. The lowest BCUT2D eigenvalue weighted by molar-refractivity contribution is -0.138. The van der Waals surface area contributed by atoms with Crippen LogP contribution in [-0.4, -0.2) is 11.1 Å². The van der Waals surface area contributed by atoms with Crippen LogP contribution >= 0.6 is 0 Å². The summed E-state index contributed by atoms with van der Waals surface area (Å²) < 4.78 is 0. The molecule has 2 bridgehead atoms. The van der Waals surface area contributed by atoms with Crippen LogP contribution in [0.4, 0.5) is 0 Å². The third-order valence-corrected chi connectivity index (χ3v) is 3.85. The number of hydrogen-bond acceptors (Lipinski definition) is 1. The molecule has 0 aromatic carbocycles. The Morgan fingerprint density at radius 3 is 2.71 bits per heavy atom. The second-order valence-corrected chi connectivity index (χ2v) is 4.86. The second kappa shape index (κ2) is 3.76. The number of rotatable bonds is 3. The lowest BCUT2D eigenvalue weighted by atomic mass is 9.64. The summed E-state index contributed by atoms with van der Waals surface area (Å²) in [4.78, 5) is 10.6. The molecule has 3 aliphatic carbocycles. The van der Waals surface area contributed by atoms with Crippen LogP contribution in [0.5, 0.6) is 0 Å². The molecule has 3 aliphatic rings. The molecule has 0 amide bonds. The van der Waals surface area contributed by atoms with Crippen molar-refractivity contribution in [2.24, 2.45) is 23.7 Å². The summed E-state index contributed by atoms with van der Waals surface area (Å²) >= 11 is 0. The van der Waals surface area contributed by atoms with Crippen molar-refractivity contribution in [3.05, 3.63) is 12.2 Å². The quantitative estimate of drug-likeness (QED) is 0.701. The van der Waals surface area contributed by atoms with Crippen molar-refractivity contribution >= 4 is 5.97 Å². The Morgan fingerprint density at radius 2 is 2.29 bits per heavy atom.